The summed E-state index contributed by atoms with van der Waals surface area (Å²) in [5.41, 5.74) is 1.21. The van der Waals surface area contributed by atoms with Gasteiger partial charge in [0.2, 0.25) is 0 Å². The van der Waals surface area contributed by atoms with Crippen molar-refractivity contribution in [1.82, 2.24) is 5.32 Å². The van der Waals surface area contributed by atoms with Crippen LogP contribution in [0.2, 0.25) is 0 Å². The van der Waals surface area contributed by atoms with Gasteiger partial charge in [0.25, 0.3) is 5.91 Å². The predicted molar refractivity (Wildman–Crippen MR) is 85.0 cm³/mol. The van der Waals surface area contributed by atoms with E-state index in [0.717, 1.165) is 0 Å². The smallest absolute Gasteiger partial charge is 0.387 e. The summed E-state index contributed by atoms with van der Waals surface area (Å²) in [6.07, 6.45) is 8.13. The van der Waals surface area contributed by atoms with Gasteiger partial charge in [-0.1, -0.05) is 18.2 Å². The second kappa shape index (κ2) is 6.95. The number of rotatable bonds is 5. The fourth-order valence-corrected chi connectivity index (χ4v) is 2.24. The lowest BCUT2D eigenvalue weighted by molar-refractivity contribution is -0.115. The van der Waals surface area contributed by atoms with Crippen molar-refractivity contribution in [2.45, 2.75) is 6.61 Å². The van der Waals surface area contributed by atoms with Gasteiger partial charge in [0.05, 0.1) is 12.0 Å². The van der Waals surface area contributed by atoms with Gasteiger partial charge in [0, 0.05) is 11.1 Å². The molecule has 0 unspecified atom stereocenters. The molecular weight excluding hydrogens is 316 g/mol. The summed E-state index contributed by atoms with van der Waals surface area (Å²) in [5, 5.41) is 2.65. The third-order valence-electron chi connectivity index (χ3n) is 3.28. The number of nitrogens with one attached hydrogen (secondary N) is 1. The molecule has 0 bridgehead atoms. The van der Waals surface area contributed by atoms with Gasteiger partial charge in [-0.2, -0.15) is 8.78 Å². The Labute approximate surface area is 136 Å². The highest BCUT2D eigenvalue weighted by atomic mass is 19.3. The highest BCUT2D eigenvalue weighted by Crippen LogP contribution is 2.29. The lowest BCUT2D eigenvalue weighted by Gasteiger charge is -2.10. The van der Waals surface area contributed by atoms with Crippen molar-refractivity contribution in [3.05, 3.63) is 77.8 Å². The topological polar surface area (TPSA) is 51.5 Å². The molecule has 2 aromatic rings. The number of hydrogen-bond donors (Lipinski definition) is 1. The third-order valence-corrected chi connectivity index (χ3v) is 3.28. The van der Waals surface area contributed by atoms with E-state index in [9.17, 15) is 13.6 Å². The summed E-state index contributed by atoms with van der Waals surface area (Å²) in [5.74, 6) is 0.345. The zero-order valence-electron chi connectivity index (χ0n) is 12.4. The van der Waals surface area contributed by atoms with Crippen molar-refractivity contribution < 1.29 is 22.7 Å². The third kappa shape index (κ3) is 3.60. The van der Waals surface area contributed by atoms with Gasteiger partial charge in [0.15, 0.2) is 0 Å². The molecule has 6 heteroatoms. The van der Waals surface area contributed by atoms with Crippen LogP contribution in [0.15, 0.2) is 70.9 Å². The van der Waals surface area contributed by atoms with E-state index in [4.69, 9.17) is 4.42 Å². The molecule has 1 aromatic carbocycles. The number of para-hydroxylation sites is 1. The first-order valence-electron chi connectivity index (χ1n) is 7.12. The minimum absolute atomic E-state index is 0.00595. The molecule has 2 heterocycles. The zero-order chi connectivity index (χ0) is 16.9. The Balaban J connectivity index is 1.84. The number of furan rings is 1. The number of amides is 1. The Bertz CT molecular complexity index is 821. The molecule has 1 N–H and O–H groups in total. The maximum Gasteiger partial charge on any atom is 0.387 e. The molecule has 0 saturated heterocycles. The maximum absolute atomic E-state index is 12.5. The van der Waals surface area contributed by atoms with Crippen molar-refractivity contribution in [2.24, 2.45) is 0 Å². The molecule has 1 aliphatic heterocycles. The average Bonchev–Trinajstić information content (AvgIpc) is 3.18. The number of hydrogen-bond acceptors (Lipinski definition) is 3. The average molecular weight is 329 g/mol. The van der Waals surface area contributed by atoms with Crippen LogP contribution >= 0.6 is 0 Å². The molecule has 0 spiro atoms. The Kier molecular flexibility index (Phi) is 4.56. The molecule has 24 heavy (non-hydrogen) atoms. The highest BCUT2D eigenvalue weighted by molar-refractivity contribution is 6.08. The Hall–Kier alpha value is -3.15. The summed E-state index contributed by atoms with van der Waals surface area (Å²) in [7, 11) is 0. The summed E-state index contributed by atoms with van der Waals surface area (Å²) >= 11 is 0. The first kappa shape index (κ1) is 15.7. The number of ether oxygens (including phenoxy) is 1. The van der Waals surface area contributed by atoms with Crippen LogP contribution in [0.5, 0.6) is 5.75 Å². The molecule has 3 rings (SSSR count). The van der Waals surface area contributed by atoms with Crippen molar-refractivity contribution in [1.29, 1.82) is 0 Å². The second-order valence-electron chi connectivity index (χ2n) is 4.88. The van der Waals surface area contributed by atoms with Gasteiger partial charge >= 0.3 is 6.61 Å². The molecule has 0 fully saturated rings. The summed E-state index contributed by atoms with van der Waals surface area (Å²) in [6.45, 7) is -2.94. The summed E-state index contributed by atoms with van der Waals surface area (Å²) in [4.78, 5) is 12.0. The number of carbonyl (C=O) groups excluding carboxylic acids is 1. The molecule has 0 saturated carbocycles. The van der Waals surface area contributed by atoms with Crippen LogP contribution in [0.3, 0.4) is 0 Å². The molecule has 0 radical (unpaired) electrons. The fourth-order valence-electron chi connectivity index (χ4n) is 2.24. The van der Waals surface area contributed by atoms with Gasteiger partial charge in [-0.15, -0.1) is 0 Å². The molecule has 0 atom stereocenters. The Morgan fingerprint density at radius 2 is 2.00 bits per heavy atom. The van der Waals surface area contributed by atoms with Crippen LogP contribution < -0.4 is 10.1 Å². The van der Waals surface area contributed by atoms with E-state index in [1.165, 1.54) is 6.07 Å². The highest BCUT2D eigenvalue weighted by Gasteiger charge is 2.21. The van der Waals surface area contributed by atoms with Crippen LogP contribution in [-0.4, -0.2) is 12.5 Å². The van der Waals surface area contributed by atoms with Gasteiger partial charge in [0.1, 0.15) is 11.5 Å². The van der Waals surface area contributed by atoms with Crippen LogP contribution in [0, 0.1) is 0 Å². The Morgan fingerprint density at radius 3 is 2.75 bits per heavy atom. The van der Waals surface area contributed by atoms with Gasteiger partial charge in [-0.05, 0) is 42.5 Å². The largest absolute Gasteiger partial charge is 0.465 e. The number of benzene rings is 1. The normalized spacial score (nSPS) is 16.0. The molecule has 0 aliphatic carbocycles. The van der Waals surface area contributed by atoms with E-state index in [1.807, 2.05) is 0 Å². The van der Waals surface area contributed by atoms with Gasteiger partial charge in [-0.25, -0.2) is 0 Å². The van der Waals surface area contributed by atoms with E-state index in [2.05, 4.69) is 10.1 Å². The lowest BCUT2D eigenvalue weighted by atomic mass is 10.1. The van der Waals surface area contributed by atoms with Gasteiger partial charge in [-0.3, -0.25) is 4.79 Å². The fraction of sp³-hybridized carbons (Fsp3) is 0.0556. The molecule has 1 amide bonds. The molecule has 122 valence electrons. The van der Waals surface area contributed by atoms with Crippen molar-refractivity contribution in [2.75, 3.05) is 0 Å². The minimum atomic E-state index is -2.94. The quantitative estimate of drug-likeness (QED) is 0.844. The lowest BCUT2D eigenvalue weighted by Crippen LogP contribution is -2.16. The van der Waals surface area contributed by atoms with Crippen LogP contribution in [0.4, 0.5) is 8.78 Å². The number of allylic oxidation sites excluding steroid dienone is 2. The first-order valence-corrected chi connectivity index (χ1v) is 7.12. The Morgan fingerprint density at radius 1 is 1.17 bits per heavy atom. The zero-order valence-corrected chi connectivity index (χ0v) is 12.4. The summed E-state index contributed by atoms with van der Waals surface area (Å²) < 4.78 is 34.6. The van der Waals surface area contributed by atoms with Crippen LogP contribution in [0.25, 0.3) is 11.8 Å². The van der Waals surface area contributed by atoms with Crippen molar-refractivity contribution >= 4 is 17.7 Å². The number of alkyl halides is 2. The molecule has 1 aliphatic rings. The van der Waals surface area contributed by atoms with Crippen LogP contribution in [0.1, 0.15) is 11.3 Å². The maximum atomic E-state index is 12.5. The van der Waals surface area contributed by atoms with Crippen LogP contribution in [-0.2, 0) is 4.79 Å². The standard InChI is InChI=1S/C18H13F2NO3/c19-18(20)24-16-9-2-1-8-14(16)15-11-12(17(22)21-15)5-3-6-13-7-4-10-23-13/h1-11,18H,(H,21,22)/b6-3+,12-5+. The molecular formula is C18H13F2NO3. The summed E-state index contributed by atoms with van der Waals surface area (Å²) in [6, 6.07) is 9.83. The van der Waals surface area contributed by atoms with Gasteiger partial charge < -0.3 is 14.5 Å². The molecule has 1 aromatic heterocycles. The second-order valence-corrected chi connectivity index (χ2v) is 4.88. The SMILES string of the molecule is O=C1NC(c2ccccc2OC(F)F)=C/C1=C\C=C\c1ccco1. The van der Waals surface area contributed by atoms with E-state index in [1.54, 1.807) is 60.9 Å². The first-order chi connectivity index (χ1) is 11.6. The van der Waals surface area contributed by atoms with Crippen molar-refractivity contribution in [3.8, 4) is 5.75 Å². The minimum Gasteiger partial charge on any atom is -0.465 e. The van der Waals surface area contributed by atoms with E-state index in [-0.39, 0.29) is 11.7 Å². The monoisotopic (exact) mass is 329 g/mol. The molecule has 4 nitrogen and oxygen atoms in total. The van der Waals surface area contributed by atoms with E-state index < -0.39 is 6.61 Å². The number of halogens is 2. The van der Waals surface area contributed by atoms with E-state index in [0.29, 0.717) is 22.6 Å². The number of carbonyl (C=O) groups is 1. The predicted octanol–water partition coefficient (Wildman–Crippen LogP) is 3.99. The van der Waals surface area contributed by atoms with E-state index >= 15 is 0 Å². The van der Waals surface area contributed by atoms with Crippen molar-refractivity contribution in [3.63, 3.8) is 0 Å².